The second kappa shape index (κ2) is 10.1. The van der Waals surface area contributed by atoms with Crippen LogP contribution < -0.4 is 34.3 Å². The van der Waals surface area contributed by atoms with Crippen molar-refractivity contribution in [3.05, 3.63) is 88.8 Å². The van der Waals surface area contributed by atoms with Gasteiger partial charge in [-0.1, -0.05) is 30.5 Å². The van der Waals surface area contributed by atoms with Crippen LogP contribution in [0.4, 0.5) is 5.82 Å². The van der Waals surface area contributed by atoms with Gasteiger partial charge >= 0.3 is 29.6 Å². The number of sulfonamides is 1. The van der Waals surface area contributed by atoms with Crippen LogP contribution >= 0.6 is 11.3 Å². The topological polar surface area (TPSA) is 90.7 Å². The molecule has 0 unspecified atom stereocenters. The van der Waals surface area contributed by atoms with E-state index < -0.39 is 10.0 Å². The van der Waals surface area contributed by atoms with Crippen LogP contribution in [-0.2, 0) is 16.6 Å². The first kappa shape index (κ1) is 25.4. The number of methoxy groups -OCH3 is 1. The molecule has 0 radical (unpaired) electrons. The summed E-state index contributed by atoms with van der Waals surface area (Å²) in [6.45, 7) is 0.597. The number of hydrogen-bond acceptors (Lipinski definition) is 6. The van der Waals surface area contributed by atoms with Crippen LogP contribution in [0.5, 0.6) is 5.75 Å². The summed E-state index contributed by atoms with van der Waals surface area (Å²) in [5.41, 5.74) is 3.51. The first-order chi connectivity index (χ1) is 16.4. The molecule has 0 N–H and O–H groups in total. The Morgan fingerprint density at radius 3 is 2.40 bits per heavy atom. The molecule has 1 aliphatic heterocycles. The fourth-order valence-corrected chi connectivity index (χ4v) is 6.01. The molecule has 0 bridgehead atoms. The van der Waals surface area contributed by atoms with Crippen LogP contribution in [0.15, 0.2) is 77.8 Å². The zero-order chi connectivity index (χ0) is 23.9. The number of aromatic nitrogens is 1. The quantitative estimate of drug-likeness (QED) is 0.370. The number of fused-ring (bicyclic) bond motifs is 1. The van der Waals surface area contributed by atoms with E-state index in [9.17, 15) is 13.2 Å². The van der Waals surface area contributed by atoms with E-state index in [-0.39, 0.29) is 51.9 Å². The molecule has 35 heavy (non-hydrogen) atoms. The van der Waals surface area contributed by atoms with Crippen molar-refractivity contribution in [1.29, 1.82) is 0 Å². The third-order valence-electron chi connectivity index (χ3n) is 5.57. The summed E-state index contributed by atoms with van der Waals surface area (Å²) in [5.74, 6) is 0.359. The summed E-state index contributed by atoms with van der Waals surface area (Å²) in [4.78, 5) is 19.8. The van der Waals surface area contributed by atoms with Crippen molar-refractivity contribution in [3.63, 3.8) is 0 Å². The van der Waals surface area contributed by atoms with Crippen molar-refractivity contribution in [3.8, 4) is 26.6 Å². The maximum atomic E-state index is 13.0. The average molecular weight is 514 g/mol. The molecule has 0 aliphatic carbocycles. The molecule has 1 aliphatic rings. The minimum atomic E-state index is -4.04. The van der Waals surface area contributed by atoms with E-state index in [0.29, 0.717) is 6.54 Å². The fourth-order valence-electron chi connectivity index (χ4n) is 3.88. The maximum absolute atomic E-state index is 13.0. The summed E-state index contributed by atoms with van der Waals surface area (Å²) in [6, 6.07) is 19.7. The van der Waals surface area contributed by atoms with Crippen molar-refractivity contribution in [2.45, 2.75) is 11.4 Å². The molecule has 0 saturated heterocycles. The number of pyridine rings is 1. The van der Waals surface area contributed by atoms with Gasteiger partial charge in [-0.2, -0.15) is 0 Å². The van der Waals surface area contributed by atoms with Gasteiger partial charge in [-0.25, -0.2) is 8.42 Å². The first-order valence-electron chi connectivity index (χ1n) is 10.4. The molecule has 0 spiro atoms. The second-order valence-corrected chi connectivity index (χ2v) is 10.5. The van der Waals surface area contributed by atoms with Crippen LogP contribution in [0.1, 0.15) is 15.9 Å². The van der Waals surface area contributed by atoms with Crippen molar-refractivity contribution < 1.29 is 47.5 Å². The number of nitrogens with zero attached hydrogens (tertiary/aromatic N) is 3. The number of carbonyl (C=O) groups is 1. The summed E-state index contributed by atoms with van der Waals surface area (Å²) in [7, 11) is -0.827. The van der Waals surface area contributed by atoms with Crippen LogP contribution in [-0.4, -0.2) is 38.4 Å². The van der Waals surface area contributed by atoms with Gasteiger partial charge in [0.25, 0.3) is 5.91 Å². The molecular formula is C25H20N3NaO4S2. The van der Waals surface area contributed by atoms with Gasteiger partial charge in [0.1, 0.15) is 10.6 Å². The number of amides is 1. The number of ether oxygens (including phenoxy) is 1. The number of benzene rings is 2. The molecule has 2 aromatic carbocycles. The van der Waals surface area contributed by atoms with Crippen LogP contribution in [0.2, 0.25) is 0 Å². The van der Waals surface area contributed by atoms with Crippen LogP contribution in [0, 0.1) is 0 Å². The van der Waals surface area contributed by atoms with E-state index in [0.717, 1.165) is 32.0 Å². The molecule has 7 nitrogen and oxygen atoms in total. The molecule has 172 valence electrons. The van der Waals surface area contributed by atoms with Gasteiger partial charge in [0.15, 0.2) is 0 Å². The van der Waals surface area contributed by atoms with Crippen LogP contribution in [0.25, 0.3) is 25.6 Å². The Morgan fingerprint density at radius 1 is 1.00 bits per heavy atom. The molecule has 1 amide bonds. The maximum Gasteiger partial charge on any atom is 1.00 e. The predicted octanol–water partition coefficient (Wildman–Crippen LogP) is 2.47. The van der Waals surface area contributed by atoms with Crippen molar-refractivity contribution in [2.75, 3.05) is 14.2 Å². The monoisotopic (exact) mass is 513 g/mol. The third kappa shape index (κ3) is 5.00. The standard InChI is InChI=1S/C25H20N3O4S2.Na/c1-28-15-18-13-16(6-8-19(18)25(28)29)21-10-11-22(33-21)17-7-9-20(32-2)23(14-17)34(30,31)27-24-5-3-4-12-26-24;/h3-14H,15H2,1-2H3;/q-1;+1. The van der Waals surface area contributed by atoms with Crippen molar-refractivity contribution in [1.82, 2.24) is 9.88 Å². The van der Waals surface area contributed by atoms with E-state index >= 15 is 0 Å². The van der Waals surface area contributed by atoms with E-state index in [1.54, 1.807) is 47.5 Å². The van der Waals surface area contributed by atoms with Gasteiger partial charge in [-0.3, -0.25) is 4.79 Å². The summed E-state index contributed by atoms with van der Waals surface area (Å²) in [5, 5.41) is 0. The van der Waals surface area contributed by atoms with Gasteiger partial charge in [0, 0.05) is 28.9 Å². The van der Waals surface area contributed by atoms with Gasteiger partial charge in [-0.05, 0) is 65.0 Å². The predicted molar refractivity (Wildman–Crippen MR) is 132 cm³/mol. The van der Waals surface area contributed by atoms with Gasteiger partial charge in [0.05, 0.1) is 7.11 Å². The molecule has 2 aromatic heterocycles. The Hall–Kier alpha value is -2.69. The molecule has 10 heteroatoms. The Labute approximate surface area is 230 Å². The van der Waals surface area contributed by atoms with E-state index in [2.05, 4.69) is 9.71 Å². The SMILES string of the molecule is COc1ccc(-c2ccc(-c3ccc4c(c3)CN(C)C4=O)s2)cc1S(=O)(=O)[N-]c1ccccn1.[Na+]. The molecule has 5 rings (SSSR count). The van der Waals surface area contributed by atoms with Crippen LogP contribution in [0.3, 0.4) is 0 Å². The van der Waals surface area contributed by atoms with Gasteiger partial charge in [-0.15, -0.1) is 11.3 Å². The Bertz CT molecular complexity index is 1500. The summed E-state index contributed by atoms with van der Waals surface area (Å²) < 4.78 is 35.2. The van der Waals surface area contributed by atoms with E-state index in [1.165, 1.54) is 19.4 Å². The third-order valence-corrected chi connectivity index (χ3v) is 8.06. The van der Waals surface area contributed by atoms with E-state index in [4.69, 9.17) is 4.74 Å². The number of hydrogen-bond donors (Lipinski definition) is 0. The van der Waals surface area contributed by atoms with Gasteiger partial charge in [0.2, 0.25) is 10.0 Å². The molecule has 3 heterocycles. The Balaban J connectivity index is 0.00000289. The zero-order valence-electron chi connectivity index (χ0n) is 19.4. The fraction of sp³-hybridized carbons (Fsp3) is 0.120. The molecule has 0 saturated carbocycles. The summed E-state index contributed by atoms with van der Waals surface area (Å²) in [6.07, 6.45) is 1.49. The first-order valence-corrected chi connectivity index (χ1v) is 12.7. The zero-order valence-corrected chi connectivity index (χ0v) is 23.1. The van der Waals surface area contributed by atoms with Gasteiger partial charge < -0.3 is 19.3 Å². The Kier molecular flexibility index (Phi) is 7.35. The van der Waals surface area contributed by atoms with E-state index in [1.807, 2.05) is 36.4 Å². The number of thiophene rings is 1. The minimum Gasteiger partial charge on any atom is -0.495 e. The average Bonchev–Trinajstić information content (AvgIpc) is 3.44. The summed E-state index contributed by atoms with van der Waals surface area (Å²) >= 11 is 1.55. The number of rotatable bonds is 6. The molecule has 4 aromatic rings. The second-order valence-electron chi connectivity index (χ2n) is 7.82. The smallest absolute Gasteiger partial charge is 0.495 e. The largest absolute Gasteiger partial charge is 1.00 e. The van der Waals surface area contributed by atoms with Crippen molar-refractivity contribution in [2.24, 2.45) is 0 Å². The molecule has 0 fully saturated rings. The Morgan fingerprint density at radius 2 is 1.71 bits per heavy atom. The molecular weight excluding hydrogens is 493 g/mol. The normalized spacial score (nSPS) is 12.7. The minimum absolute atomic E-state index is 0. The molecule has 0 atom stereocenters. The van der Waals surface area contributed by atoms with Crippen molar-refractivity contribution >= 4 is 33.1 Å². The number of carbonyl (C=O) groups excluding carboxylic acids is 1.